The first kappa shape index (κ1) is 15.0. The molecule has 20 heavy (non-hydrogen) atoms. The Hall–Kier alpha value is -1.39. The van der Waals surface area contributed by atoms with Gasteiger partial charge in [-0.25, -0.2) is 8.78 Å². The van der Waals surface area contributed by atoms with E-state index in [9.17, 15) is 8.78 Å². The SMILES string of the molecule is CCC(N)C(Sc1cccc(F)c1)c1cccc(F)c1. The van der Waals surface area contributed by atoms with Gasteiger partial charge in [0.05, 0.1) is 0 Å². The van der Waals surface area contributed by atoms with E-state index in [1.807, 2.05) is 19.1 Å². The van der Waals surface area contributed by atoms with Crippen molar-refractivity contribution in [1.82, 2.24) is 0 Å². The minimum Gasteiger partial charge on any atom is -0.326 e. The van der Waals surface area contributed by atoms with Crippen molar-refractivity contribution >= 4 is 11.8 Å². The Balaban J connectivity index is 2.29. The molecule has 0 fully saturated rings. The quantitative estimate of drug-likeness (QED) is 0.819. The summed E-state index contributed by atoms with van der Waals surface area (Å²) in [5.74, 6) is -0.561. The highest BCUT2D eigenvalue weighted by Crippen LogP contribution is 2.38. The van der Waals surface area contributed by atoms with Gasteiger partial charge >= 0.3 is 0 Å². The first-order chi connectivity index (χ1) is 9.60. The van der Waals surface area contributed by atoms with Crippen LogP contribution < -0.4 is 5.73 Å². The topological polar surface area (TPSA) is 26.0 Å². The number of benzene rings is 2. The standard InChI is InChI=1S/C16H17F2NS/c1-2-15(19)16(11-5-3-6-12(17)9-11)20-14-8-4-7-13(18)10-14/h3-10,15-16H,2,19H2,1H3. The van der Waals surface area contributed by atoms with Crippen LogP contribution in [-0.2, 0) is 0 Å². The fourth-order valence-corrected chi connectivity index (χ4v) is 3.27. The van der Waals surface area contributed by atoms with Gasteiger partial charge in [-0.2, -0.15) is 0 Å². The first-order valence-electron chi connectivity index (χ1n) is 6.53. The summed E-state index contributed by atoms with van der Waals surface area (Å²) in [6.07, 6.45) is 0.767. The summed E-state index contributed by atoms with van der Waals surface area (Å²) in [7, 11) is 0. The lowest BCUT2D eigenvalue weighted by molar-refractivity contribution is 0.609. The van der Waals surface area contributed by atoms with Gasteiger partial charge in [-0.3, -0.25) is 0 Å². The van der Waals surface area contributed by atoms with Gasteiger partial charge in [-0.05, 0) is 42.3 Å². The second-order valence-electron chi connectivity index (χ2n) is 4.62. The van der Waals surface area contributed by atoms with Crippen molar-refractivity contribution in [3.8, 4) is 0 Å². The van der Waals surface area contributed by atoms with Crippen molar-refractivity contribution in [3.63, 3.8) is 0 Å². The summed E-state index contributed by atoms with van der Waals surface area (Å²) < 4.78 is 26.7. The zero-order valence-corrected chi connectivity index (χ0v) is 12.0. The number of hydrogen-bond acceptors (Lipinski definition) is 2. The molecule has 0 amide bonds. The summed E-state index contributed by atoms with van der Waals surface area (Å²) in [5, 5.41) is -0.0995. The van der Waals surface area contributed by atoms with Gasteiger partial charge in [0, 0.05) is 16.2 Å². The van der Waals surface area contributed by atoms with Crippen molar-refractivity contribution < 1.29 is 8.78 Å². The lowest BCUT2D eigenvalue weighted by Crippen LogP contribution is -2.25. The van der Waals surface area contributed by atoms with E-state index in [1.54, 1.807) is 12.1 Å². The summed E-state index contributed by atoms with van der Waals surface area (Å²) in [6.45, 7) is 1.99. The average Bonchev–Trinajstić information content (AvgIpc) is 2.44. The second kappa shape index (κ2) is 6.86. The van der Waals surface area contributed by atoms with Crippen LogP contribution in [0.25, 0.3) is 0 Å². The predicted octanol–water partition coefficient (Wildman–Crippen LogP) is 4.54. The summed E-state index contributed by atoms with van der Waals surface area (Å²) in [6, 6.07) is 12.7. The molecule has 1 nitrogen and oxygen atoms in total. The second-order valence-corrected chi connectivity index (χ2v) is 5.84. The Morgan fingerprint density at radius 2 is 1.70 bits per heavy atom. The Labute approximate surface area is 122 Å². The van der Waals surface area contributed by atoms with Crippen LogP contribution in [0.15, 0.2) is 53.4 Å². The highest BCUT2D eigenvalue weighted by atomic mass is 32.2. The molecule has 2 atom stereocenters. The summed E-state index contributed by atoms with van der Waals surface area (Å²) in [4.78, 5) is 0.795. The van der Waals surface area contributed by atoms with E-state index in [4.69, 9.17) is 5.73 Å². The maximum absolute atomic E-state index is 13.4. The lowest BCUT2D eigenvalue weighted by Gasteiger charge is -2.23. The summed E-state index contributed by atoms with van der Waals surface area (Å²) >= 11 is 1.47. The van der Waals surface area contributed by atoms with Gasteiger partial charge in [0.1, 0.15) is 11.6 Å². The molecule has 2 aromatic carbocycles. The maximum atomic E-state index is 13.4. The fourth-order valence-electron chi connectivity index (χ4n) is 1.99. The fraction of sp³-hybridized carbons (Fsp3) is 0.250. The molecular formula is C16H17F2NS. The molecule has 2 rings (SSSR count). The Kier molecular flexibility index (Phi) is 5.15. The zero-order chi connectivity index (χ0) is 14.5. The van der Waals surface area contributed by atoms with Gasteiger partial charge in [0.15, 0.2) is 0 Å². The number of halogens is 2. The Morgan fingerprint density at radius 3 is 2.30 bits per heavy atom. The lowest BCUT2D eigenvalue weighted by atomic mass is 10.0. The van der Waals surface area contributed by atoms with Crippen LogP contribution in [0.3, 0.4) is 0 Å². The van der Waals surface area contributed by atoms with Gasteiger partial charge < -0.3 is 5.73 Å². The molecule has 0 aliphatic rings. The Bertz CT molecular complexity index is 574. The third-order valence-corrected chi connectivity index (χ3v) is 4.50. The van der Waals surface area contributed by atoms with Gasteiger partial charge in [0.2, 0.25) is 0 Å². The number of thioether (sulfide) groups is 1. The van der Waals surface area contributed by atoms with Crippen LogP contribution in [0.4, 0.5) is 8.78 Å². The maximum Gasteiger partial charge on any atom is 0.124 e. The predicted molar refractivity (Wildman–Crippen MR) is 79.7 cm³/mol. The molecule has 0 heterocycles. The smallest absolute Gasteiger partial charge is 0.124 e. The number of nitrogens with two attached hydrogens (primary N) is 1. The minimum absolute atomic E-state index is 0.0995. The van der Waals surface area contributed by atoms with Crippen molar-refractivity contribution in [2.24, 2.45) is 5.73 Å². The molecular weight excluding hydrogens is 276 g/mol. The zero-order valence-electron chi connectivity index (χ0n) is 11.2. The van der Waals surface area contributed by atoms with Crippen molar-refractivity contribution in [3.05, 3.63) is 65.7 Å². The molecule has 0 saturated heterocycles. The highest BCUT2D eigenvalue weighted by Gasteiger charge is 2.20. The summed E-state index contributed by atoms with van der Waals surface area (Å²) in [5.41, 5.74) is 6.98. The van der Waals surface area contributed by atoms with Crippen molar-refractivity contribution in [2.45, 2.75) is 29.5 Å². The molecule has 0 aliphatic heterocycles. The van der Waals surface area contributed by atoms with E-state index in [2.05, 4.69) is 0 Å². The first-order valence-corrected chi connectivity index (χ1v) is 7.41. The van der Waals surface area contributed by atoms with Gasteiger partial charge in [-0.15, -0.1) is 11.8 Å². The normalized spacial score (nSPS) is 14.0. The molecule has 4 heteroatoms. The van der Waals surface area contributed by atoms with Crippen LogP contribution >= 0.6 is 11.8 Å². The largest absolute Gasteiger partial charge is 0.326 e. The Morgan fingerprint density at radius 1 is 1.05 bits per heavy atom. The molecule has 0 aromatic heterocycles. The third kappa shape index (κ3) is 3.81. The minimum atomic E-state index is -0.282. The van der Waals surface area contributed by atoms with E-state index in [-0.39, 0.29) is 22.9 Å². The molecule has 0 radical (unpaired) electrons. The molecule has 2 N–H and O–H groups in total. The number of hydrogen-bond donors (Lipinski definition) is 1. The van der Waals surface area contributed by atoms with E-state index < -0.39 is 0 Å². The van der Waals surface area contributed by atoms with Crippen LogP contribution in [0.2, 0.25) is 0 Å². The monoisotopic (exact) mass is 293 g/mol. The molecule has 0 spiro atoms. The van der Waals surface area contributed by atoms with E-state index in [0.717, 1.165) is 16.9 Å². The van der Waals surface area contributed by atoms with Crippen LogP contribution in [0, 0.1) is 11.6 Å². The van der Waals surface area contributed by atoms with Crippen molar-refractivity contribution in [1.29, 1.82) is 0 Å². The molecule has 0 aliphatic carbocycles. The molecule has 0 saturated carbocycles. The molecule has 106 valence electrons. The van der Waals surface area contributed by atoms with E-state index in [1.165, 1.54) is 36.0 Å². The van der Waals surface area contributed by atoms with E-state index in [0.29, 0.717) is 0 Å². The molecule has 2 aromatic rings. The molecule has 2 unspecified atom stereocenters. The van der Waals surface area contributed by atoms with E-state index >= 15 is 0 Å². The third-order valence-electron chi connectivity index (χ3n) is 3.10. The van der Waals surface area contributed by atoms with Gasteiger partial charge in [-0.1, -0.05) is 25.1 Å². The van der Waals surface area contributed by atoms with Crippen LogP contribution in [0.5, 0.6) is 0 Å². The van der Waals surface area contributed by atoms with Crippen LogP contribution in [0.1, 0.15) is 24.2 Å². The highest BCUT2D eigenvalue weighted by molar-refractivity contribution is 7.99. The average molecular weight is 293 g/mol. The number of rotatable bonds is 5. The molecule has 0 bridgehead atoms. The van der Waals surface area contributed by atoms with Gasteiger partial charge in [0.25, 0.3) is 0 Å². The van der Waals surface area contributed by atoms with Crippen molar-refractivity contribution in [2.75, 3.05) is 0 Å². The van der Waals surface area contributed by atoms with Crippen LogP contribution in [-0.4, -0.2) is 6.04 Å².